The largest absolute Gasteiger partial charge is 0.305 e. The fraction of sp³-hybridized carbons (Fsp3) is 0.130. The lowest BCUT2D eigenvalue weighted by Crippen LogP contribution is -2.36. The van der Waals surface area contributed by atoms with Crippen LogP contribution in [0.2, 0.25) is 5.02 Å². The SMILES string of the molecule is C[C@H]1N=C(c2ccccc2)c2ccccc2N(Cc2cccc(Cl)c2)C1=O. The topological polar surface area (TPSA) is 32.7 Å². The molecule has 4 rings (SSSR count). The lowest BCUT2D eigenvalue weighted by atomic mass is 10.00. The number of carbonyl (C=O) groups is 1. The highest BCUT2D eigenvalue weighted by molar-refractivity contribution is 6.30. The average molecular weight is 375 g/mol. The van der Waals surface area contributed by atoms with Crippen LogP contribution in [-0.2, 0) is 11.3 Å². The molecule has 3 aromatic rings. The normalized spacial score (nSPS) is 16.5. The molecule has 0 spiro atoms. The molecule has 0 aliphatic carbocycles. The molecule has 0 aromatic heterocycles. The van der Waals surface area contributed by atoms with Gasteiger partial charge in [0.2, 0.25) is 0 Å². The summed E-state index contributed by atoms with van der Waals surface area (Å²) >= 11 is 6.14. The Hall–Kier alpha value is -2.91. The van der Waals surface area contributed by atoms with Crippen molar-refractivity contribution in [3.8, 4) is 0 Å². The van der Waals surface area contributed by atoms with E-state index in [2.05, 4.69) is 0 Å². The number of halogens is 1. The second kappa shape index (κ2) is 7.37. The van der Waals surface area contributed by atoms with E-state index in [9.17, 15) is 4.79 Å². The maximum atomic E-state index is 13.2. The molecule has 1 amide bonds. The predicted octanol–water partition coefficient (Wildman–Crippen LogP) is 5.11. The third-order valence-electron chi connectivity index (χ3n) is 4.67. The zero-order valence-corrected chi connectivity index (χ0v) is 15.7. The monoisotopic (exact) mass is 374 g/mol. The summed E-state index contributed by atoms with van der Waals surface area (Å²) in [4.78, 5) is 19.7. The van der Waals surface area contributed by atoms with Gasteiger partial charge in [-0.15, -0.1) is 0 Å². The number of nitrogens with zero attached hydrogens (tertiary/aromatic N) is 2. The molecule has 4 heteroatoms. The van der Waals surface area contributed by atoms with Crippen LogP contribution >= 0.6 is 11.6 Å². The van der Waals surface area contributed by atoms with Gasteiger partial charge in [0.1, 0.15) is 6.04 Å². The van der Waals surface area contributed by atoms with Crippen LogP contribution in [0.5, 0.6) is 0 Å². The second-order valence-corrected chi connectivity index (χ2v) is 7.03. The minimum Gasteiger partial charge on any atom is -0.305 e. The predicted molar refractivity (Wildman–Crippen MR) is 111 cm³/mol. The van der Waals surface area contributed by atoms with E-state index in [4.69, 9.17) is 16.6 Å². The lowest BCUT2D eigenvalue weighted by Gasteiger charge is -2.24. The highest BCUT2D eigenvalue weighted by atomic mass is 35.5. The Morgan fingerprint density at radius 1 is 0.963 bits per heavy atom. The van der Waals surface area contributed by atoms with Crippen LogP contribution in [0.15, 0.2) is 83.9 Å². The fourth-order valence-corrected chi connectivity index (χ4v) is 3.59. The van der Waals surface area contributed by atoms with Gasteiger partial charge >= 0.3 is 0 Å². The molecule has 0 saturated carbocycles. The van der Waals surface area contributed by atoms with Crippen LogP contribution in [0, 0.1) is 0 Å². The van der Waals surface area contributed by atoms with Crippen LogP contribution in [0.25, 0.3) is 0 Å². The molecular weight excluding hydrogens is 356 g/mol. The van der Waals surface area contributed by atoms with Gasteiger partial charge in [-0.2, -0.15) is 0 Å². The van der Waals surface area contributed by atoms with Gasteiger partial charge in [0.25, 0.3) is 5.91 Å². The van der Waals surface area contributed by atoms with Crippen molar-refractivity contribution in [2.75, 3.05) is 4.90 Å². The number of carbonyl (C=O) groups excluding carboxylic acids is 1. The van der Waals surface area contributed by atoms with Crippen molar-refractivity contribution in [2.45, 2.75) is 19.5 Å². The van der Waals surface area contributed by atoms with Gasteiger partial charge < -0.3 is 4.90 Å². The number of para-hydroxylation sites is 1. The summed E-state index contributed by atoms with van der Waals surface area (Å²) < 4.78 is 0. The number of anilines is 1. The molecule has 3 nitrogen and oxygen atoms in total. The van der Waals surface area contributed by atoms with Gasteiger partial charge in [-0.1, -0.05) is 72.3 Å². The smallest absolute Gasteiger partial charge is 0.251 e. The third kappa shape index (κ3) is 3.51. The second-order valence-electron chi connectivity index (χ2n) is 6.59. The van der Waals surface area contributed by atoms with Gasteiger partial charge in [-0.25, -0.2) is 0 Å². The Balaban J connectivity index is 1.83. The fourth-order valence-electron chi connectivity index (χ4n) is 3.38. The van der Waals surface area contributed by atoms with Gasteiger partial charge in [-0.3, -0.25) is 9.79 Å². The summed E-state index contributed by atoms with van der Waals surface area (Å²) in [6.07, 6.45) is 0. The maximum Gasteiger partial charge on any atom is 0.251 e. The molecule has 1 atom stereocenters. The van der Waals surface area contributed by atoms with Gasteiger partial charge in [-0.05, 0) is 30.7 Å². The number of fused-ring (bicyclic) bond motifs is 1. The summed E-state index contributed by atoms with van der Waals surface area (Å²) in [6.45, 7) is 2.31. The first-order chi connectivity index (χ1) is 13.1. The number of rotatable bonds is 3. The quantitative estimate of drug-likeness (QED) is 0.626. The minimum absolute atomic E-state index is 0.0200. The molecule has 1 aliphatic heterocycles. The molecule has 3 aromatic carbocycles. The first kappa shape index (κ1) is 17.5. The van der Waals surface area contributed by atoms with Gasteiger partial charge in [0, 0.05) is 16.1 Å². The zero-order chi connectivity index (χ0) is 18.8. The molecule has 0 N–H and O–H groups in total. The molecule has 0 radical (unpaired) electrons. The first-order valence-corrected chi connectivity index (χ1v) is 9.30. The molecule has 0 unspecified atom stereocenters. The van der Waals surface area contributed by atoms with E-state index in [-0.39, 0.29) is 5.91 Å². The Morgan fingerprint density at radius 2 is 1.70 bits per heavy atom. The van der Waals surface area contributed by atoms with Crippen molar-refractivity contribution in [2.24, 2.45) is 4.99 Å². The van der Waals surface area contributed by atoms with Crippen LogP contribution in [0.4, 0.5) is 5.69 Å². The minimum atomic E-state index is -0.466. The first-order valence-electron chi connectivity index (χ1n) is 8.92. The molecule has 0 saturated heterocycles. The zero-order valence-electron chi connectivity index (χ0n) is 15.0. The third-order valence-corrected chi connectivity index (χ3v) is 4.91. The van der Waals surface area contributed by atoms with E-state index in [1.807, 2.05) is 90.7 Å². The number of benzodiazepines with no additional fused rings is 1. The van der Waals surface area contributed by atoms with E-state index >= 15 is 0 Å². The van der Waals surface area contributed by atoms with Crippen molar-refractivity contribution in [1.29, 1.82) is 0 Å². The summed E-state index contributed by atoms with van der Waals surface area (Å²) in [5.74, 6) is -0.0200. The molecule has 1 aliphatic rings. The Bertz CT molecular complexity index is 1010. The van der Waals surface area contributed by atoms with Crippen LogP contribution in [-0.4, -0.2) is 17.7 Å². The highest BCUT2D eigenvalue weighted by Gasteiger charge is 2.29. The number of aliphatic imine (C=N–C) groups is 1. The maximum absolute atomic E-state index is 13.2. The van der Waals surface area contributed by atoms with E-state index in [1.54, 1.807) is 0 Å². The van der Waals surface area contributed by atoms with E-state index < -0.39 is 6.04 Å². The Labute approximate surface area is 163 Å². The summed E-state index contributed by atoms with van der Waals surface area (Å²) in [5, 5.41) is 0.664. The van der Waals surface area contributed by atoms with Crippen molar-refractivity contribution < 1.29 is 4.79 Å². The molecule has 0 fully saturated rings. The van der Waals surface area contributed by atoms with E-state index in [0.29, 0.717) is 11.6 Å². The summed E-state index contributed by atoms with van der Waals surface area (Å²) in [5.41, 5.74) is 4.67. The molecule has 27 heavy (non-hydrogen) atoms. The van der Waals surface area contributed by atoms with Gasteiger partial charge in [0.05, 0.1) is 17.9 Å². The number of hydrogen-bond donors (Lipinski definition) is 0. The van der Waals surface area contributed by atoms with E-state index in [1.165, 1.54) is 0 Å². The van der Waals surface area contributed by atoms with Crippen molar-refractivity contribution in [3.63, 3.8) is 0 Å². The van der Waals surface area contributed by atoms with Crippen molar-refractivity contribution in [1.82, 2.24) is 0 Å². The number of amides is 1. The summed E-state index contributed by atoms with van der Waals surface area (Å²) in [6, 6.07) is 25.1. The summed E-state index contributed by atoms with van der Waals surface area (Å²) in [7, 11) is 0. The molecule has 0 bridgehead atoms. The molecule has 134 valence electrons. The molecular formula is C23H19ClN2O. The number of hydrogen-bond acceptors (Lipinski definition) is 2. The molecule has 1 heterocycles. The highest BCUT2D eigenvalue weighted by Crippen LogP contribution is 2.30. The Kier molecular flexibility index (Phi) is 4.78. The van der Waals surface area contributed by atoms with Gasteiger partial charge in [0.15, 0.2) is 0 Å². The standard InChI is InChI=1S/C23H19ClN2O/c1-16-23(27)26(15-17-8-7-11-19(24)14-17)21-13-6-5-12-20(21)22(25-16)18-9-3-2-4-10-18/h2-14,16H,15H2,1H3/t16-/m1/s1. The van der Waals surface area contributed by atoms with Crippen LogP contribution in [0.1, 0.15) is 23.6 Å². The van der Waals surface area contributed by atoms with E-state index in [0.717, 1.165) is 28.1 Å². The average Bonchev–Trinajstić information content (AvgIpc) is 2.79. The number of benzene rings is 3. The van der Waals surface area contributed by atoms with Crippen LogP contribution < -0.4 is 4.90 Å². The van der Waals surface area contributed by atoms with Crippen molar-refractivity contribution >= 4 is 28.9 Å². The van der Waals surface area contributed by atoms with Crippen molar-refractivity contribution in [3.05, 3.63) is 101 Å². The van der Waals surface area contributed by atoms with Crippen LogP contribution in [0.3, 0.4) is 0 Å². The lowest BCUT2D eigenvalue weighted by molar-refractivity contribution is -0.119. The Morgan fingerprint density at radius 3 is 2.48 bits per heavy atom.